The van der Waals surface area contributed by atoms with Gasteiger partial charge in [-0.3, -0.25) is 0 Å². The van der Waals surface area contributed by atoms with E-state index in [9.17, 15) is 4.21 Å². The van der Waals surface area contributed by atoms with Gasteiger partial charge in [0.05, 0.1) is 12.2 Å². The van der Waals surface area contributed by atoms with Crippen LogP contribution in [-0.4, -0.2) is 45.6 Å². The molecule has 0 radical (unpaired) electrons. The highest BCUT2D eigenvalue weighted by molar-refractivity contribution is 7.85. The number of benzene rings is 1. The van der Waals surface area contributed by atoms with Gasteiger partial charge in [-0.1, -0.05) is 19.9 Å². The third kappa shape index (κ3) is 4.96. The van der Waals surface area contributed by atoms with E-state index < -0.39 is 11.0 Å². The predicted molar refractivity (Wildman–Crippen MR) is 141 cm³/mol. The Labute approximate surface area is 209 Å². The highest BCUT2D eigenvalue weighted by Gasteiger charge is 2.30. The zero-order valence-corrected chi connectivity index (χ0v) is 21.5. The molecular formula is C26H32N6O2S. The summed E-state index contributed by atoms with van der Waals surface area (Å²) >= 11 is 0. The molecule has 2 N–H and O–H groups in total. The topological polar surface area (TPSA) is 92.3 Å². The molecule has 1 aliphatic heterocycles. The van der Waals surface area contributed by atoms with Crippen molar-refractivity contribution >= 4 is 28.3 Å². The van der Waals surface area contributed by atoms with Crippen LogP contribution in [0.25, 0.3) is 11.1 Å². The molecule has 0 saturated carbocycles. The van der Waals surface area contributed by atoms with E-state index in [0.717, 1.165) is 54.1 Å². The maximum atomic E-state index is 11.8. The van der Waals surface area contributed by atoms with E-state index >= 15 is 0 Å². The summed E-state index contributed by atoms with van der Waals surface area (Å²) in [4.78, 5) is 16.2. The smallest absolute Gasteiger partial charge is 0.150 e. The molecule has 3 aromatic rings. The first-order chi connectivity index (χ1) is 16.8. The SMILES string of the molecule is CNc1ncc(-c2ccc3c(c2)CN(c2ncnc4c2CC(C)(C)CC4)CCO3)cc1NS(C)=O. The lowest BCUT2D eigenvalue weighted by atomic mass is 9.76. The van der Waals surface area contributed by atoms with Gasteiger partial charge in [0.25, 0.3) is 0 Å². The summed E-state index contributed by atoms with van der Waals surface area (Å²) in [5.74, 6) is 2.58. The van der Waals surface area contributed by atoms with Crippen molar-refractivity contribution in [2.75, 3.05) is 41.4 Å². The molecule has 1 unspecified atom stereocenters. The largest absolute Gasteiger partial charge is 0.491 e. The van der Waals surface area contributed by atoms with E-state index in [4.69, 9.17) is 9.72 Å². The number of hydrogen-bond acceptors (Lipinski definition) is 7. The second-order valence-electron chi connectivity index (χ2n) is 9.98. The van der Waals surface area contributed by atoms with Crippen LogP contribution in [-0.2, 0) is 30.4 Å². The van der Waals surface area contributed by atoms with Gasteiger partial charge in [-0.2, -0.15) is 0 Å². The fourth-order valence-electron chi connectivity index (χ4n) is 4.94. The van der Waals surface area contributed by atoms with E-state index in [1.165, 1.54) is 11.3 Å². The third-order valence-electron chi connectivity index (χ3n) is 6.76. The molecule has 0 fully saturated rings. The maximum Gasteiger partial charge on any atom is 0.150 e. The lowest BCUT2D eigenvalue weighted by molar-refractivity contribution is 0.310. The van der Waals surface area contributed by atoms with Crippen molar-refractivity contribution in [2.24, 2.45) is 5.41 Å². The Kier molecular flexibility index (Phi) is 6.35. The number of anilines is 3. The van der Waals surface area contributed by atoms with Crippen LogP contribution in [0.4, 0.5) is 17.3 Å². The number of rotatable bonds is 5. The maximum absolute atomic E-state index is 11.8. The lowest BCUT2D eigenvalue weighted by Gasteiger charge is -2.33. The zero-order valence-electron chi connectivity index (χ0n) is 20.7. The van der Waals surface area contributed by atoms with Crippen molar-refractivity contribution in [2.45, 2.75) is 39.7 Å². The summed E-state index contributed by atoms with van der Waals surface area (Å²) in [6.07, 6.45) is 8.27. The van der Waals surface area contributed by atoms with Gasteiger partial charge >= 0.3 is 0 Å². The molecule has 1 aliphatic carbocycles. The summed E-state index contributed by atoms with van der Waals surface area (Å²) < 4.78 is 20.9. The standard InChI is InChI=1S/C26H32N6O2S/c1-26(2)8-7-21-20(13-26)25(30-16-29-21)32-9-10-34-23-6-5-17(11-19(23)15-32)18-12-22(31-35(4)33)24(27-3)28-14-18/h5-6,11-12,14,16,31H,7-10,13,15H2,1-4H3,(H,27,28). The van der Waals surface area contributed by atoms with Crippen molar-refractivity contribution in [3.05, 3.63) is 53.6 Å². The molecule has 2 aliphatic rings. The fraction of sp³-hybridized carbons (Fsp3) is 0.423. The average Bonchev–Trinajstić information content (AvgIpc) is 3.04. The Hall–Kier alpha value is -3.20. The second kappa shape index (κ2) is 9.45. The number of nitrogens with zero attached hydrogens (tertiary/aromatic N) is 4. The van der Waals surface area contributed by atoms with Crippen LogP contribution in [0.1, 0.15) is 37.1 Å². The molecule has 0 bridgehead atoms. The van der Waals surface area contributed by atoms with Crippen LogP contribution in [0.3, 0.4) is 0 Å². The first kappa shape index (κ1) is 23.5. The molecule has 8 nitrogen and oxygen atoms in total. The summed E-state index contributed by atoms with van der Waals surface area (Å²) in [7, 11) is 0.600. The molecule has 3 heterocycles. The van der Waals surface area contributed by atoms with Crippen LogP contribution < -0.4 is 19.7 Å². The molecule has 0 amide bonds. The normalized spacial score (nSPS) is 17.4. The highest BCUT2D eigenvalue weighted by atomic mass is 32.2. The monoisotopic (exact) mass is 492 g/mol. The number of hydrogen-bond donors (Lipinski definition) is 2. The molecule has 184 valence electrons. The fourth-order valence-corrected chi connectivity index (χ4v) is 5.41. The molecule has 9 heteroatoms. The minimum atomic E-state index is -1.20. The van der Waals surface area contributed by atoms with Crippen molar-refractivity contribution in [3.8, 4) is 16.9 Å². The Morgan fingerprint density at radius 3 is 2.80 bits per heavy atom. The van der Waals surface area contributed by atoms with Crippen LogP contribution in [0.5, 0.6) is 5.75 Å². The first-order valence-electron chi connectivity index (χ1n) is 11.9. The number of fused-ring (bicyclic) bond motifs is 2. The first-order valence-corrected chi connectivity index (χ1v) is 13.5. The number of aryl methyl sites for hydroxylation is 1. The van der Waals surface area contributed by atoms with Crippen molar-refractivity contribution in [1.82, 2.24) is 15.0 Å². The molecule has 1 aromatic carbocycles. The van der Waals surface area contributed by atoms with Gasteiger partial charge in [0.2, 0.25) is 0 Å². The van der Waals surface area contributed by atoms with Crippen molar-refractivity contribution < 1.29 is 8.95 Å². The van der Waals surface area contributed by atoms with Gasteiger partial charge in [-0.05, 0) is 48.4 Å². The highest BCUT2D eigenvalue weighted by Crippen LogP contribution is 2.39. The third-order valence-corrected chi connectivity index (χ3v) is 7.26. The van der Waals surface area contributed by atoms with Crippen molar-refractivity contribution in [1.29, 1.82) is 0 Å². The minimum Gasteiger partial charge on any atom is -0.491 e. The van der Waals surface area contributed by atoms with Crippen LogP contribution >= 0.6 is 0 Å². The Balaban J connectivity index is 1.48. The number of aromatic nitrogens is 3. The molecule has 2 aromatic heterocycles. The van der Waals surface area contributed by atoms with Gasteiger partial charge in [0.1, 0.15) is 41.3 Å². The molecule has 0 saturated heterocycles. The predicted octanol–water partition coefficient (Wildman–Crippen LogP) is 4.20. The summed E-state index contributed by atoms with van der Waals surface area (Å²) in [5, 5.41) is 3.05. The van der Waals surface area contributed by atoms with Crippen LogP contribution in [0.15, 0.2) is 36.8 Å². The zero-order chi connectivity index (χ0) is 24.6. The molecule has 5 rings (SSSR count). The van der Waals surface area contributed by atoms with Crippen LogP contribution in [0, 0.1) is 5.41 Å². The summed E-state index contributed by atoms with van der Waals surface area (Å²) in [6.45, 7) is 6.72. The van der Waals surface area contributed by atoms with E-state index in [1.807, 2.05) is 24.4 Å². The second-order valence-corrected chi connectivity index (χ2v) is 11.1. The number of pyridine rings is 1. The molecule has 1 atom stereocenters. The summed E-state index contributed by atoms with van der Waals surface area (Å²) in [5.41, 5.74) is 6.48. The number of nitrogens with one attached hydrogen (secondary N) is 2. The van der Waals surface area contributed by atoms with Gasteiger partial charge in [-0.15, -0.1) is 0 Å². The molecular weight excluding hydrogens is 460 g/mol. The van der Waals surface area contributed by atoms with Gasteiger partial charge in [-0.25, -0.2) is 19.2 Å². The Bertz CT molecular complexity index is 1280. The van der Waals surface area contributed by atoms with E-state index in [-0.39, 0.29) is 5.41 Å². The Morgan fingerprint density at radius 2 is 2.00 bits per heavy atom. The van der Waals surface area contributed by atoms with Crippen molar-refractivity contribution in [3.63, 3.8) is 0 Å². The van der Waals surface area contributed by atoms with Gasteiger partial charge < -0.3 is 19.7 Å². The number of ether oxygens (including phenoxy) is 1. The summed E-state index contributed by atoms with van der Waals surface area (Å²) in [6, 6.07) is 8.21. The molecule has 35 heavy (non-hydrogen) atoms. The lowest BCUT2D eigenvalue weighted by Crippen LogP contribution is -2.31. The van der Waals surface area contributed by atoms with E-state index in [2.05, 4.69) is 44.8 Å². The Morgan fingerprint density at radius 1 is 1.14 bits per heavy atom. The quantitative estimate of drug-likeness (QED) is 0.551. The van der Waals surface area contributed by atoms with Crippen LogP contribution in [0.2, 0.25) is 0 Å². The average molecular weight is 493 g/mol. The minimum absolute atomic E-state index is 0.250. The van der Waals surface area contributed by atoms with E-state index in [1.54, 1.807) is 19.6 Å². The van der Waals surface area contributed by atoms with E-state index in [0.29, 0.717) is 24.7 Å². The van der Waals surface area contributed by atoms with Gasteiger partial charge in [0.15, 0.2) is 0 Å². The molecule has 0 spiro atoms. The van der Waals surface area contributed by atoms with Gasteiger partial charge in [0, 0.05) is 48.4 Å².